The summed E-state index contributed by atoms with van der Waals surface area (Å²) < 4.78 is 26.1. The topological polar surface area (TPSA) is 63.6 Å². The van der Waals surface area contributed by atoms with Gasteiger partial charge in [-0.05, 0) is 0 Å². The van der Waals surface area contributed by atoms with E-state index in [9.17, 15) is 8.42 Å². The molecule has 0 atom stereocenters. The summed E-state index contributed by atoms with van der Waals surface area (Å²) in [5, 5.41) is 7.92. The summed E-state index contributed by atoms with van der Waals surface area (Å²) in [5.41, 5.74) is 0. The average molecular weight is 376 g/mol. The fraction of sp³-hybridized carbons (Fsp3) is 1.00. The molecular weight excluding hydrogens is 365 g/mol. The van der Waals surface area contributed by atoms with Crippen LogP contribution in [0.2, 0.25) is 8.26 Å². The van der Waals surface area contributed by atoms with Crippen LogP contribution >= 0.6 is 0 Å². The third-order valence-corrected chi connectivity index (χ3v) is 6.18. The summed E-state index contributed by atoms with van der Waals surface area (Å²) in [7, 11) is -2.48. The first-order valence-electron chi connectivity index (χ1n) is 3.24. The Labute approximate surface area is 79.7 Å². The molecule has 1 fully saturated rings. The van der Waals surface area contributed by atoms with Crippen molar-refractivity contribution in [1.82, 2.24) is 0 Å². The zero-order valence-corrected chi connectivity index (χ0v) is 10.4. The molecule has 0 bridgehead atoms. The van der Waals surface area contributed by atoms with Crippen molar-refractivity contribution >= 4 is 34.2 Å². The summed E-state index contributed by atoms with van der Waals surface area (Å²) in [4.78, 5) is 0. The molecule has 0 amide bonds. The molecule has 4 nitrogen and oxygen atoms in total. The Balaban J connectivity index is 0.000000207. The van der Waals surface area contributed by atoms with E-state index in [1.54, 1.807) is 14.7 Å². The van der Waals surface area contributed by atoms with Crippen LogP contribution in [0.1, 0.15) is 6.42 Å². The monoisotopic (exact) mass is 376 g/mol. The van der Waals surface area contributed by atoms with Crippen LogP contribution in [-0.2, 0) is 23.6 Å². The first kappa shape index (κ1) is 11.8. The molecule has 2 radical (unpaired) electrons. The van der Waals surface area contributed by atoms with Gasteiger partial charge in [-0.3, -0.25) is 0 Å². The van der Waals surface area contributed by atoms with E-state index in [0.717, 1.165) is 0 Å². The van der Waals surface area contributed by atoms with E-state index in [0.29, 0.717) is 23.2 Å². The van der Waals surface area contributed by atoms with Crippen LogP contribution in [0.4, 0.5) is 0 Å². The van der Waals surface area contributed by atoms with Crippen molar-refractivity contribution in [3.05, 3.63) is 0 Å². The van der Waals surface area contributed by atoms with Crippen LogP contribution in [0.3, 0.4) is 0 Å². The molecule has 66 valence electrons. The van der Waals surface area contributed by atoms with Crippen molar-refractivity contribution < 1.29 is 17.7 Å². The molecule has 0 aromatic carbocycles. The molecule has 1 saturated heterocycles. The third kappa shape index (κ3) is 10.8. The molecular formula is C5H11BiO4S. The zero-order valence-electron chi connectivity index (χ0n) is 6.06. The van der Waals surface area contributed by atoms with Gasteiger partial charge in [0.1, 0.15) is 0 Å². The van der Waals surface area contributed by atoms with Gasteiger partial charge in [-0.15, -0.1) is 0 Å². The minimum Gasteiger partial charge on any atom is -0.422 e. The largest absolute Gasteiger partial charge is 0.422 e. The Morgan fingerprint density at radius 1 is 1.45 bits per heavy atom. The molecule has 0 unspecified atom stereocenters. The molecule has 0 spiro atoms. The number of hydrogen-bond acceptors (Lipinski definition) is 5. The van der Waals surface area contributed by atoms with E-state index in [2.05, 4.69) is 4.18 Å². The maximum Gasteiger partial charge on any atom is 0.0646 e. The Bertz CT molecular complexity index is 131. The van der Waals surface area contributed by atoms with Gasteiger partial charge in [0.15, 0.2) is 0 Å². The predicted molar refractivity (Wildman–Crippen MR) is 41.8 cm³/mol. The fourth-order valence-corrected chi connectivity index (χ4v) is 1.70. The fourth-order valence-electron chi connectivity index (χ4n) is 0.263. The van der Waals surface area contributed by atoms with Crippen molar-refractivity contribution in [3.8, 4) is 0 Å². The van der Waals surface area contributed by atoms with Gasteiger partial charge in [0, 0.05) is 0 Å². The second-order valence-corrected chi connectivity index (χ2v) is 7.63. The summed E-state index contributed by atoms with van der Waals surface area (Å²) in [6.45, 7) is -0.426. The number of rotatable bonds is 3. The molecule has 6 heteroatoms. The van der Waals surface area contributed by atoms with Crippen molar-refractivity contribution in [2.45, 2.75) is 14.7 Å². The molecule has 0 aromatic rings. The number of aliphatic hydroxyl groups is 1. The number of hydrogen-bond donors (Lipinski definition) is 1. The molecule has 1 aliphatic heterocycles. The summed E-state index contributed by atoms with van der Waals surface area (Å²) >= 11 is 0.336. The summed E-state index contributed by atoms with van der Waals surface area (Å²) in [5.74, 6) is 0. The van der Waals surface area contributed by atoms with E-state index < -0.39 is 11.0 Å². The second kappa shape index (κ2) is 8.85. The Morgan fingerprint density at radius 2 is 1.91 bits per heavy atom. The van der Waals surface area contributed by atoms with Gasteiger partial charge in [0.25, 0.3) is 0 Å². The Kier molecular flexibility index (Phi) is 9.45. The zero-order chi connectivity index (χ0) is 8.53. The van der Waals surface area contributed by atoms with Crippen molar-refractivity contribution in [2.75, 3.05) is 13.2 Å². The van der Waals surface area contributed by atoms with Crippen molar-refractivity contribution in [3.63, 3.8) is 0 Å². The quantitative estimate of drug-likeness (QED) is 0.563. The SMILES string of the molecule is C1[CH2][Bi+][CH2]1.O=[S-](=O)OCCO. The van der Waals surface area contributed by atoms with E-state index in [1.807, 2.05) is 0 Å². The van der Waals surface area contributed by atoms with Crippen LogP contribution in [0.25, 0.3) is 0 Å². The molecule has 0 aromatic heterocycles. The van der Waals surface area contributed by atoms with Gasteiger partial charge in [-0.25, -0.2) is 0 Å². The van der Waals surface area contributed by atoms with Gasteiger partial charge in [0.05, 0.1) is 24.2 Å². The molecule has 1 heterocycles. The summed E-state index contributed by atoms with van der Waals surface area (Å²) in [6, 6.07) is 0. The minimum atomic E-state index is -2.48. The average Bonchev–Trinajstić information content (AvgIpc) is 1.79. The minimum absolute atomic E-state index is 0.157. The third-order valence-electron chi connectivity index (χ3n) is 0.903. The van der Waals surface area contributed by atoms with Crippen molar-refractivity contribution in [2.24, 2.45) is 0 Å². The standard InChI is InChI=1S/C3H6.C2H5O4S.Bi/c1-3-2;3-1-2-6-7(4)5;/h1-3H2;3H,1-2H2;/q;-1;+1. The van der Waals surface area contributed by atoms with Crippen LogP contribution in [0.15, 0.2) is 0 Å². The Hall–Kier alpha value is 0.753. The molecule has 1 rings (SSSR count). The van der Waals surface area contributed by atoms with Crippen LogP contribution < -0.4 is 0 Å². The van der Waals surface area contributed by atoms with Crippen LogP contribution in [0, 0.1) is 0 Å². The van der Waals surface area contributed by atoms with Gasteiger partial charge in [-0.2, -0.15) is 0 Å². The predicted octanol–water partition coefficient (Wildman–Crippen LogP) is 0.150. The van der Waals surface area contributed by atoms with Gasteiger partial charge < -0.3 is 17.7 Å². The first-order chi connectivity index (χ1) is 5.27. The maximum atomic E-state index is 9.42. The molecule has 1 aliphatic rings. The van der Waals surface area contributed by atoms with Gasteiger partial charge in [-0.1, -0.05) is 0 Å². The molecule has 1 N–H and O–H groups in total. The smallest absolute Gasteiger partial charge is 0.0646 e. The summed E-state index contributed by atoms with van der Waals surface area (Å²) in [6.07, 6.45) is 1.58. The first-order valence-corrected chi connectivity index (χ1v) is 9.15. The maximum absolute atomic E-state index is 9.42. The van der Waals surface area contributed by atoms with Gasteiger partial charge >= 0.3 is 37.9 Å². The van der Waals surface area contributed by atoms with E-state index in [-0.39, 0.29) is 13.2 Å². The van der Waals surface area contributed by atoms with E-state index in [4.69, 9.17) is 5.11 Å². The van der Waals surface area contributed by atoms with E-state index in [1.165, 1.54) is 0 Å². The van der Waals surface area contributed by atoms with E-state index >= 15 is 0 Å². The normalized spacial score (nSPS) is 15.1. The van der Waals surface area contributed by atoms with Crippen molar-refractivity contribution in [1.29, 1.82) is 0 Å². The molecule has 11 heavy (non-hydrogen) atoms. The van der Waals surface area contributed by atoms with Gasteiger partial charge in [0.2, 0.25) is 0 Å². The van der Waals surface area contributed by atoms with Crippen LogP contribution in [0.5, 0.6) is 0 Å². The number of aliphatic hydroxyl groups excluding tert-OH is 1. The molecule has 0 aliphatic carbocycles. The molecule has 0 saturated carbocycles. The second-order valence-electron chi connectivity index (χ2n) is 1.77. The van der Waals surface area contributed by atoms with Crippen LogP contribution in [-0.4, -0.2) is 41.6 Å². The Morgan fingerprint density at radius 3 is 2.00 bits per heavy atom.